The molecule has 2 aromatic carbocycles. The first kappa shape index (κ1) is 23.4. The van der Waals surface area contributed by atoms with Crippen LogP contribution in [0.5, 0.6) is 5.75 Å². The van der Waals surface area contributed by atoms with Gasteiger partial charge in [-0.25, -0.2) is 13.1 Å². The third kappa shape index (κ3) is 7.44. The van der Waals surface area contributed by atoms with Crippen LogP contribution in [0.2, 0.25) is 0 Å². The maximum Gasteiger partial charge on any atom is 0.305 e. The Balaban J connectivity index is 1.29. The number of hydrogen-bond acceptors (Lipinski definition) is 7. The van der Waals surface area contributed by atoms with Crippen molar-refractivity contribution in [3.63, 3.8) is 0 Å². The van der Waals surface area contributed by atoms with Gasteiger partial charge in [0, 0.05) is 13.1 Å². The molecule has 0 saturated heterocycles. The molecule has 0 spiro atoms. The van der Waals surface area contributed by atoms with Crippen LogP contribution < -0.4 is 14.9 Å². The average Bonchev–Trinajstić information content (AvgIpc) is 3.15. The Kier molecular flexibility index (Phi) is 8.61. The van der Waals surface area contributed by atoms with Crippen LogP contribution in [0.15, 0.2) is 47.3 Å². The highest BCUT2D eigenvalue weighted by atomic mass is 32.2. The van der Waals surface area contributed by atoms with Crippen molar-refractivity contribution >= 4 is 31.6 Å². The normalized spacial score (nSPS) is 11.9. The van der Waals surface area contributed by atoms with Crippen LogP contribution in [0.25, 0.3) is 10.2 Å². The number of phenolic OH excluding ortho intramolecular Hbond substituents is 1. The minimum absolute atomic E-state index is 0.0588. The third-order valence-electron chi connectivity index (χ3n) is 4.71. The summed E-state index contributed by atoms with van der Waals surface area (Å²) < 4.78 is 32.8. The lowest BCUT2D eigenvalue weighted by atomic mass is 10.1. The maximum atomic E-state index is 12.0. The fourth-order valence-corrected chi connectivity index (χ4v) is 4.88. The molecule has 1 aromatic heterocycles. The van der Waals surface area contributed by atoms with Gasteiger partial charge in [-0.15, -0.1) is 0 Å². The number of rotatable bonds is 13. The van der Waals surface area contributed by atoms with Crippen molar-refractivity contribution in [2.24, 2.45) is 0 Å². The Morgan fingerprint density at radius 2 is 1.81 bits per heavy atom. The van der Waals surface area contributed by atoms with Crippen LogP contribution in [0.1, 0.15) is 11.1 Å². The topological polar surface area (TPSA) is 121 Å². The van der Waals surface area contributed by atoms with E-state index in [1.165, 1.54) is 0 Å². The zero-order valence-corrected chi connectivity index (χ0v) is 18.7. The van der Waals surface area contributed by atoms with Crippen LogP contribution in [0.3, 0.4) is 0 Å². The first-order valence-electron chi connectivity index (χ1n) is 10.1. The Morgan fingerprint density at radius 1 is 1.00 bits per heavy atom. The molecule has 0 bridgehead atoms. The summed E-state index contributed by atoms with van der Waals surface area (Å²) in [5.74, 6) is -0.0109. The van der Waals surface area contributed by atoms with Crippen molar-refractivity contribution in [1.29, 1.82) is 0 Å². The highest BCUT2D eigenvalue weighted by Gasteiger charge is 2.10. The van der Waals surface area contributed by atoms with E-state index in [0.29, 0.717) is 31.6 Å². The van der Waals surface area contributed by atoms with Gasteiger partial charge in [0.1, 0.15) is 11.3 Å². The van der Waals surface area contributed by atoms with Gasteiger partial charge in [0.05, 0.1) is 23.7 Å². The average molecular weight is 466 g/mol. The van der Waals surface area contributed by atoms with Gasteiger partial charge >= 0.3 is 4.87 Å². The molecule has 0 unspecified atom stereocenters. The van der Waals surface area contributed by atoms with E-state index in [1.807, 2.05) is 30.3 Å². The van der Waals surface area contributed by atoms with E-state index in [2.05, 4.69) is 15.0 Å². The minimum Gasteiger partial charge on any atom is -0.506 e. The molecular weight excluding hydrogens is 438 g/mol. The number of aromatic amines is 1. The molecule has 0 aliphatic rings. The van der Waals surface area contributed by atoms with E-state index in [0.717, 1.165) is 33.6 Å². The quantitative estimate of drug-likeness (QED) is 0.285. The molecule has 0 radical (unpaired) electrons. The number of benzene rings is 2. The highest BCUT2D eigenvalue weighted by Crippen LogP contribution is 2.27. The summed E-state index contributed by atoms with van der Waals surface area (Å²) in [7, 11) is -3.38. The van der Waals surface area contributed by atoms with Crippen molar-refractivity contribution in [2.75, 3.05) is 38.6 Å². The predicted octanol–water partition coefficient (Wildman–Crippen LogP) is 1.61. The summed E-state index contributed by atoms with van der Waals surface area (Å²) in [6.07, 6.45) is 1.41. The number of aromatic hydroxyl groups is 1. The Hall–Kier alpha value is -2.24. The van der Waals surface area contributed by atoms with Crippen molar-refractivity contribution in [3.05, 3.63) is 63.3 Å². The third-order valence-corrected chi connectivity index (χ3v) is 7.01. The molecule has 0 saturated carbocycles. The summed E-state index contributed by atoms with van der Waals surface area (Å²) in [6, 6.07) is 13.3. The van der Waals surface area contributed by atoms with Gasteiger partial charge in [0.25, 0.3) is 0 Å². The van der Waals surface area contributed by atoms with E-state index in [-0.39, 0.29) is 29.5 Å². The number of sulfonamides is 1. The number of aromatic nitrogens is 1. The number of nitrogens with one attached hydrogen (secondary N) is 3. The Morgan fingerprint density at radius 3 is 2.61 bits per heavy atom. The lowest BCUT2D eigenvalue weighted by Gasteiger charge is -2.09. The summed E-state index contributed by atoms with van der Waals surface area (Å²) >= 11 is 1.07. The van der Waals surface area contributed by atoms with E-state index >= 15 is 0 Å². The minimum atomic E-state index is -3.38. The van der Waals surface area contributed by atoms with Gasteiger partial charge in [0.15, 0.2) is 0 Å². The summed E-state index contributed by atoms with van der Waals surface area (Å²) in [6.45, 7) is 2.04. The van der Waals surface area contributed by atoms with Gasteiger partial charge < -0.3 is 20.1 Å². The number of hydrogen-bond donors (Lipinski definition) is 4. The lowest BCUT2D eigenvalue weighted by molar-refractivity contribution is 0.152. The number of phenols is 1. The molecule has 1 heterocycles. The van der Waals surface area contributed by atoms with Gasteiger partial charge in [-0.1, -0.05) is 47.7 Å². The van der Waals surface area contributed by atoms with E-state index < -0.39 is 10.0 Å². The molecule has 0 aliphatic heterocycles. The van der Waals surface area contributed by atoms with Crippen LogP contribution in [0.4, 0.5) is 0 Å². The fourth-order valence-electron chi connectivity index (χ4n) is 3.09. The molecule has 31 heavy (non-hydrogen) atoms. The SMILES string of the molecule is O=c1[nH]c2c(O)ccc(CCNCCNS(=O)(=O)CCOCCc3ccccc3)c2s1. The van der Waals surface area contributed by atoms with Gasteiger partial charge in [-0.2, -0.15) is 0 Å². The van der Waals surface area contributed by atoms with Crippen LogP contribution >= 0.6 is 11.3 Å². The zero-order valence-electron chi connectivity index (χ0n) is 17.1. The molecular formula is C21H27N3O5S2. The smallest absolute Gasteiger partial charge is 0.305 e. The molecule has 0 atom stereocenters. The fraction of sp³-hybridized carbons (Fsp3) is 0.381. The Bertz CT molecular complexity index is 1130. The first-order valence-corrected chi connectivity index (χ1v) is 12.5. The van der Waals surface area contributed by atoms with Gasteiger partial charge in [-0.3, -0.25) is 4.79 Å². The molecule has 3 rings (SSSR count). The predicted molar refractivity (Wildman–Crippen MR) is 123 cm³/mol. The Labute approximate surface area is 185 Å². The largest absolute Gasteiger partial charge is 0.506 e. The van der Waals surface area contributed by atoms with Gasteiger partial charge in [0.2, 0.25) is 10.0 Å². The second-order valence-corrected chi connectivity index (χ2v) is 9.93. The second-order valence-electron chi connectivity index (χ2n) is 7.02. The summed E-state index contributed by atoms with van der Waals surface area (Å²) in [5, 5.41) is 13.0. The van der Waals surface area contributed by atoms with E-state index in [9.17, 15) is 18.3 Å². The van der Waals surface area contributed by atoms with Gasteiger partial charge in [-0.05, 0) is 36.6 Å². The number of fused-ring (bicyclic) bond motifs is 1. The van der Waals surface area contributed by atoms with Crippen LogP contribution in [-0.2, 0) is 27.6 Å². The monoisotopic (exact) mass is 465 g/mol. The molecule has 8 nitrogen and oxygen atoms in total. The lowest BCUT2D eigenvalue weighted by Crippen LogP contribution is -2.35. The standard InChI is InChI=1S/C21H27N3O5S2/c25-18-7-6-17(20-19(18)24-21(26)30-20)8-10-22-11-12-23-31(27,28)15-14-29-13-9-16-4-2-1-3-5-16/h1-7,22-23,25H,8-15H2,(H,24,26). The van der Waals surface area contributed by atoms with E-state index in [4.69, 9.17) is 4.74 Å². The first-order chi connectivity index (χ1) is 14.9. The molecule has 3 aromatic rings. The zero-order chi connectivity index (χ0) is 22.1. The molecule has 10 heteroatoms. The number of ether oxygens (including phenoxy) is 1. The summed E-state index contributed by atoms with van der Waals surface area (Å²) in [5.41, 5.74) is 2.58. The maximum absolute atomic E-state index is 12.0. The molecule has 4 N–H and O–H groups in total. The number of thiazole rings is 1. The molecule has 0 amide bonds. The highest BCUT2D eigenvalue weighted by molar-refractivity contribution is 7.89. The molecule has 0 aliphatic carbocycles. The van der Waals surface area contributed by atoms with Crippen molar-refractivity contribution in [2.45, 2.75) is 12.8 Å². The number of H-pyrrole nitrogens is 1. The second kappa shape index (κ2) is 11.4. The van der Waals surface area contributed by atoms with Crippen molar-refractivity contribution in [3.8, 4) is 5.75 Å². The molecule has 168 valence electrons. The summed E-state index contributed by atoms with van der Waals surface area (Å²) in [4.78, 5) is 14.0. The van der Waals surface area contributed by atoms with Crippen molar-refractivity contribution in [1.82, 2.24) is 15.0 Å². The van der Waals surface area contributed by atoms with Crippen LogP contribution in [0, 0.1) is 0 Å². The van der Waals surface area contributed by atoms with Crippen LogP contribution in [-0.4, -0.2) is 57.1 Å². The van der Waals surface area contributed by atoms with E-state index in [1.54, 1.807) is 12.1 Å². The van der Waals surface area contributed by atoms with Crippen molar-refractivity contribution < 1.29 is 18.3 Å². The molecule has 0 fully saturated rings.